The summed E-state index contributed by atoms with van der Waals surface area (Å²) in [6.45, 7) is 9.96. The zero-order chi connectivity index (χ0) is 12.3. The van der Waals surface area contributed by atoms with E-state index in [2.05, 4.69) is 38.1 Å². The van der Waals surface area contributed by atoms with Gasteiger partial charge in [0.05, 0.1) is 5.69 Å². The Morgan fingerprint density at radius 3 is 2.25 bits per heavy atom. The van der Waals surface area contributed by atoms with Gasteiger partial charge in [-0.1, -0.05) is 27.7 Å². The predicted molar refractivity (Wildman–Crippen MR) is 69.3 cm³/mol. The number of nitrogen functional groups attached to an aromatic ring is 1. The number of aryl methyl sites for hydroxylation is 1. The van der Waals surface area contributed by atoms with Crippen LogP contribution in [-0.4, -0.2) is 16.3 Å². The molecule has 0 saturated heterocycles. The lowest BCUT2D eigenvalue weighted by Gasteiger charge is -2.25. The van der Waals surface area contributed by atoms with Crippen LogP contribution >= 0.6 is 0 Å². The number of anilines is 2. The van der Waals surface area contributed by atoms with Crippen molar-refractivity contribution >= 4 is 11.5 Å². The van der Waals surface area contributed by atoms with Crippen molar-refractivity contribution in [1.82, 2.24) is 9.78 Å². The van der Waals surface area contributed by atoms with E-state index < -0.39 is 0 Å². The van der Waals surface area contributed by atoms with Crippen LogP contribution in [0.5, 0.6) is 0 Å². The van der Waals surface area contributed by atoms with E-state index in [1.54, 1.807) is 4.68 Å². The SMILES string of the molecule is CC(C)C(CNc1nn(C)cc1N)C(C)C. The maximum atomic E-state index is 5.83. The highest BCUT2D eigenvalue weighted by atomic mass is 15.3. The Labute approximate surface area is 98.2 Å². The molecule has 1 rings (SSSR count). The molecule has 0 amide bonds. The number of aromatic nitrogens is 2. The quantitative estimate of drug-likeness (QED) is 0.807. The maximum absolute atomic E-state index is 5.83. The minimum atomic E-state index is 0.640. The third-order valence-corrected chi connectivity index (χ3v) is 3.07. The average Bonchev–Trinajstić information content (AvgIpc) is 2.44. The van der Waals surface area contributed by atoms with Crippen LogP contribution in [0.15, 0.2) is 6.20 Å². The number of nitrogens with zero attached hydrogens (tertiary/aromatic N) is 2. The van der Waals surface area contributed by atoms with E-state index in [4.69, 9.17) is 5.73 Å². The van der Waals surface area contributed by atoms with Crippen molar-refractivity contribution in [2.45, 2.75) is 27.7 Å². The molecule has 4 heteroatoms. The number of hydrogen-bond acceptors (Lipinski definition) is 3. The standard InChI is InChI=1S/C12H24N4/c1-8(2)10(9(3)4)6-14-12-11(13)7-16(5)15-12/h7-10H,6,13H2,1-5H3,(H,14,15). The van der Waals surface area contributed by atoms with E-state index in [1.165, 1.54) is 0 Å². The lowest BCUT2D eigenvalue weighted by Crippen LogP contribution is -2.25. The van der Waals surface area contributed by atoms with Gasteiger partial charge in [-0.25, -0.2) is 0 Å². The summed E-state index contributed by atoms with van der Waals surface area (Å²) >= 11 is 0. The molecule has 0 unspecified atom stereocenters. The molecule has 0 saturated carbocycles. The zero-order valence-corrected chi connectivity index (χ0v) is 11.0. The van der Waals surface area contributed by atoms with Crippen LogP contribution in [0.4, 0.5) is 11.5 Å². The van der Waals surface area contributed by atoms with Crippen molar-refractivity contribution < 1.29 is 0 Å². The van der Waals surface area contributed by atoms with Gasteiger partial charge in [0.25, 0.3) is 0 Å². The van der Waals surface area contributed by atoms with Crippen LogP contribution in [0.25, 0.3) is 0 Å². The molecule has 0 fully saturated rings. The fourth-order valence-electron chi connectivity index (χ4n) is 2.10. The van der Waals surface area contributed by atoms with Gasteiger partial charge in [0.1, 0.15) is 0 Å². The summed E-state index contributed by atoms with van der Waals surface area (Å²) in [7, 11) is 1.88. The first kappa shape index (κ1) is 12.9. The molecule has 0 aliphatic heterocycles. The topological polar surface area (TPSA) is 55.9 Å². The molecule has 1 aromatic rings. The molecule has 0 aliphatic carbocycles. The van der Waals surface area contributed by atoms with Gasteiger partial charge in [-0.3, -0.25) is 4.68 Å². The van der Waals surface area contributed by atoms with Crippen molar-refractivity contribution in [3.05, 3.63) is 6.20 Å². The van der Waals surface area contributed by atoms with Crippen molar-refractivity contribution in [2.24, 2.45) is 24.8 Å². The molecule has 92 valence electrons. The van der Waals surface area contributed by atoms with E-state index in [0.29, 0.717) is 23.4 Å². The summed E-state index contributed by atoms with van der Waals surface area (Å²) in [5.41, 5.74) is 6.55. The summed E-state index contributed by atoms with van der Waals surface area (Å²) in [4.78, 5) is 0. The molecule has 3 N–H and O–H groups in total. The monoisotopic (exact) mass is 224 g/mol. The lowest BCUT2D eigenvalue weighted by molar-refractivity contribution is 0.304. The molecular weight excluding hydrogens is 200 g/mol. The molecule has 0 spiro atoms. The van der Waals surface area contributed by atoms with Crippen LogP contribution in [0.3, 0.4) is 0 Å². The number of hydrogen-bond donors (Lipinski definition) is 2. The summed E-state index contributed by atoms with van der Waals surface area (Å²) in [5, 5.41) is 7.62. The van der Waals surface area contributed by atoms with Gasteiger partial charge in [0, 0.05) is 19.8 Å². The first-order valence-corrected chi connectivity index (χ1v) is 5.94. The molecular formula is C12H24N4. The van der Waals surface area contributed by atoms with Crippen LogP contribution in [0.2, 0.25) is 0 Å². The number of rotatable bonds is 5. The molecule has 0 bridgehead atoms. The second kappa shape index (κ2) is 5.23. The highest BCUT2D eigenvalue weighted by molar-refractivity contribution is 5.59. The van der Waals surface area contributed by atoms with Gasteiger partial charge in [0.2, 0.25) is 0 Å². The third-order valence-electron chi connectivity index (χ3n) is 3.07. The second-order valence-corrected chi connectivity index (χ2v) is 5.14. The largest absolute Gasteiger partial charge is 0.394 e. The molecule has 4 nitrogen and oxygen atoms in total. The minimum Gasteiger partial charge on any atom is -0.394 e. The number of nitrogens with two attached hydrogens (primary N) is 1. The fraction of sp³-hybridized carbons (Fsp3) is 0.750. The summed E-state index contributed by atoms with van der Waals surface area (Å²) in [6, 6.07) is 0. The summed E-state index contributed by atoms with van der Waals surface area (Å²) in [6.07, 6.45) is 1.82. The number of nitrogens with one attached hydrogen (secondary N) is 1. The van der Waals surface area contributed by atoms with Crippen LogP contribution < -0.4 is 11.1 Å². The first-order valence-electron chi connectivity index (χ1n) is 5.94. The minimum absolute atomic E-state index is 0.640. The highest BCUT2D eigenvalue weighted by Gasteiger charge is 2.17. The highest BCUT2D eigenvalue weighted by Crippen LogP contribution is 2.22. The Balaban J connectivity index is 2.59. The van der Waals surface area contributed by atoms with Crippen LogP contribution in [-0.2, 0) is 7.05 Å². The molecule has 0 aromatic carbocycles. The van der Waals surface area contributed by atoms with Gasteiger partial charge in [-0.15, -0.1) is 0 Å². The van der Waals surface area contributed by atoms with E-state index in [9.17, 15) is 0 Å². The predicted octanol–water partition coefficient (Wildman–Crippen LogP) is 2.34. The molecule has 0 radical (unpaired) electrons. The second-order valence-electron chi connectivity index (χ2n) is 5.14. The van der Waals surface area contributed by atoms with E-state index in [0.717, 1.165) is 12.4 Å². The summed E-state index contributed by atoms with van der Waals surface area (Å²) < 4.78 is 1.73. The maximum Gasteiger partial charge on any atom is 0.171 e. The molecule has 0 atom stereocenters. The Morgan fingerprint density at radius 1 is 1.31 bits per heavy atom. The van der Waals surface area contributed by atoms with Gasteiger partial charge in [0.15, 0.2) is 5.82 Å². The van der Waals surface area contributed by atoms with Crippen molar-refractivity contribution in [2.75, 3.05) is 17.6 Å². The first-order chi connectivity index (χ1) is 7.41. The fourth-order valence-corrected chi connectivity index (χ4v) is 2.10. The Bertz CT molecular complexity index is 320. The van der Waals surface area contributed by atoms with Crippen molar-refractivity contribution in [1.29, 1.82) is 0 Å². The zero-order valence-electron chi connectivity index (χ0n) is 11.0. The third kappa shape index (κ3) is 3.15. The van der Waals surface area contributed by atoms with E-state index >= 15 is 0 Å². The molecule has 1 aromatic heterocycles. The van der Waals surface area contributed by atoms with Crippen LogP contribution in [0.1, 0.15) is 27.7 Å². The molecule has 0 aliphatic rings. The van der Waals surface area contributed by atoms with E-state index in [-0.39, 0.29) is 0 Å². The van der Waals surface area contributed by atoms with Crippen molar-refractivity contribution in [3.63, 3.8) is 0 Å². The molecule has 16 heavy (non-hydrogen) atoms. The van der Waals surface area contributed by atoms with Crippen LogP contribution in [0, 0.1) is 17.8 Å². The van der Waals surface area contributed by atoms with Gasteiger partial charge >= 0.3 is 0 Å². The lowest BCUT2D eigenvalue weighted by atomic mass is 9.85. The Kier molecular flexibility index (Phi) is 4.21. The van der Waals surface area contributed by atoms with E-state index in [1.807, 2.05) is 13.2 Å². The Morgan fingerprint density at radius 2 is 1.88 bits per heavy atom. The van der Waals surface area contributed by atoms with Crippen molar-refractivity contribution in [3.8, 4) is 0 Å². The smallest absolute Gasteiger partial charge is 0.171 e. The summed E-state index contributed by atoms with van der Waals surface area (Å²) in [5.74, 6) is 2.77. The van der Waals surface area contributed by atoms with Gasteiger partial charge < -0.3 is 11.1 Å². The normalized spacial score (nSPS) is 11.8. The average molecular weight is 224 g/mol. The molecule has 1 heterocycles. The van der Waals surface area contributed by atoms with Gasteiger partial charge in [-0.2, -0.15) is 5.10 Å². The van der Waals surface area contributed by atoms with Gasteiger partial charge in [-0.05, 0) is 17.8 Å². The Hall–Kier alpha value is -1.19.